The van der Waals surface area contributed by atoms with Gasteiger partial charge in [0.2, 0.25) is 0 Å². The molecule has 1 aliphatic rings. The van der Waals surface area contributed by atoms with E-state index in [9.17, 15) is 0 Å². The predicted molar refractivity (Wildman–Crippen MR) is 235 cm³/mol. The summed E-state index contributed by atoms with van der Waals surface area (Å²) >= 11 is 0. The molecule has 1 aliphatic carbocycles. The van der Waals surface area contributed by atoms with E-state index < -0.39 is 0 Å². The number of hydrogen-bond donors (Lipinski definition) is 2. The van der Waals surface area contributed by atoms with Gasteiger partial charge in [0.25, 0.3) is 0 Å². The summed E-state index contributed by atoms with van der Waals surface area (Å²) in [6.45, 7) is 15.0. The Morgan fingerprint density at radius 3 is 2.22 bits per heavy atom. The second kappa shape index (κ2) is 14.0. The van der Waals surface area contributed by atoms with Crippen LogP contribution in [0.25, 0.3) is 77.7 Å². The maximum absolute atomic E-state index is 6.28. The van der Waals surface area contributed by atoms with E-state index in [0.29, 0.717) is 6.54 Å². The van der Waals surface area contributed by atoms with Crippen molar-refractivity contribution in [3.63, 3.8) is 0 Å². The van der Waals surface area contributed by atoms with Gasteiger partial charge in [-0.3, -0.25) is 0 Å². The van der Waals surface area contributed by atoms with Gasteiger partial charge >= 0.3 is 0 Å². The quantitative estimate of drug-likeness (QED) is 0.147. The van der Waals surface area contributed by atoms with Crippen LogP contribution in [0, 0.1) is 6.92 Å². The fourth-order valence-electron chi connectivity index (χ4n) is 8.48. The van der Waals surface area contributed by atoms with E-state index in [1.807, 2.05) is 31.2 Å². The standard InChI is InChI=1S/C50H44N4/c1-6-9-16-38-32(4)20-23-48-50(38)43-29-35(22-25-47(43)54(48)37(13-7-2)14-8-3)34-21-24-46-42(28-34)41-17-10-11-19-45(41)53(46)31-36-15-12-18-40-33(5)39(26-27-51)44(30-52)49(36)40/h6-30H,1-2,31,51-52H2,3-5H3/b14-8-,16-9-,27-26-,37-13+,44-30-. The van der Waals surface area contributed by atoms with Crippen molar-refractivity contribution in [3.05, 3.63) is 192 Å². The van der Waals surface area contributed by atoms with Crippen molar-refractivity contribution in [2.75, 3.05) is 0 Å². The molecule has 5 aromatic carbocycles. The molecule has 0 bridgehead atoms. The summed E-state index contributed by atoms with van der Waals surface area (Å²) in [5.74, 6) is 0. The van der Waals surface area contributed by atoms with Crippen LogP contribution in [-0.4, -0.2) is 9.13 Å². The number of nitrogens with two attached hydrogens (primary N) is 2. The van der Waals surface area contributed by atoms with Crippen LogP contribution in [0.15, 0.2) is 165 Å². The molecule has 7 aromatic rings. The number of benzene rings is 5. The van der Waals surface area contributed by atoms with Crippen LogP contribution in [0.4, 0.5) is 0 Å². The topological polar surface area (TPSA) is 61.9 Å². The zero-order chi connectivity index (χ0) is 37.5. The molecule has 0 unspecified atom stereocenters. The molecule has 2 aromatic heterocycles. The third kappa shape index (κ3) is 5.38. The minimum atomic E-state index is 0.704. The molecule has 264 valence electrons. The average Bonchev–Trinajstić information content (AvgIpc) is 3.79. The van der Waals surface area contributed by atoms with E-state index in [-0.39, 0.29) is 0 Å². The highest BCUT2D eigenvalue weighted by Crippen LogP contribution is 2.44. The van der Waals surface area contributed by atoms with E-state index >= 15 is 0 Å². The monoisotopic (exact) mass is 700 g/mol. The van der Waals surface area contributed by atoms with Gasteiger partial charge in [-0.05, 0) is 132 Å². The second-order valence-corrected chi connectivity index (χ2v) is 13.8. The highest BCUT2D eigenvalue weighted by molar-refractivity contribution is 6.16. The summed E-state index contributed by atoms with van der Waals surface area (Å²) in [4.78, 5) is 0. The third-order valence-electron chi connectivity index (χ3n) is 10.9. The number of hydrogen-bond acceptors (Lipinski definition) is 2. The van der Waals surface area contributed by atoms with Crippen LogP contribution < -0.4 is 11.5 Å². The molecule has 0 amide bonds. The first-order chi connectivity index (χ1) is 26.4. The highest BCUT2D eigenvalue weighted by Gasteiger charge is 2.25. The SMILES string of the molecule is C=C/C=C\c1c(C)ccc2c1c1cc(-c3ccc4c(c3)c3ccccc3n4Cc3cccc4c3/C(=C\N)C(/C=C\N)=C4C)ccc1n2C(/C=C\C)=C/C=C. The molecule has 0 fully saturated rings. The van der Waals surface area contributed by atoms with E-state index in [1.54, 1.807) is 12.4 Å². The molecule has 4 heteroatoms. The van der Waals surface area contributed by atoms with Crippen molar-refractivity contribution < 1.29 is 0 Å². The Balaban J connectivity index is 1.31. The molecule has 8 rings (SSSR count). The average molecular weight is 701 g/mol. The van der Waals surface area contributed by atoms with E-state index in [0.717, 1.165) is 27.9 Å². The Morgan fingerprint density at radius 1 is 0.741 bits per heavy atom. The number of para-hydroxylation sites is 1. The van der Waals surface area contributed by atoms with Crippen molar-refractivity contribution in [3.8, 4) is 11.1 Å². The van der Waals surface area contributed by atoms with Crippen molar-refractivity contribution in [1.82, 2.24) is 9.13 Å². The normalized spacial score (nSPS) is 14.4. The number of nitrogens with zero attached hydrogens (tertiary/aromatic N) is 2. The van der Waals surface area contributed by atoms with Gasteiger partial charge in [0.05, 0.1) is 11.0 Å². The zero-order valence-corrected chi connectivity index (χ0v) is 31.1. The Kier molecular flexibility index (Phi) is 8.88. The smallest absolute Gasteiger partial charge is 0.0547 e. The number of aromatic nitrogens is 2. The van der Waals surface area contributed by atoms with Crippen molar-refractivity contribution in [1.29, 1.82) is 0 Å². The Hall–Kier alpha value is -6.78. The molecule has 0 spiro atoms. The Labute approximate surface area is 317 Å². The Morgan fingerprint density at radius 2 is 1.48 bits per heavy atom. The van der Waals surface area contributed by atoms with Crippen molar-refractivity contribution >= 4 is 66.5 Å². The first kappa shape index (κ1) is 34.3. The van der Waals surface area contributed by atoms with Gasteiger partial charge in [-0.1, -0.05) is 98.1 Å². The highest BCUT2D eigenvalue weighted by atomic mass is 15.0. The van der Waals surface area contributed by atoms with Crippen LogP contribution in [0.1, 0.15) is 41.7 Å². The van der Waals surface area contributed by atoms with Crippen LogP contribution in [-0.2, 0) is 6.54 Å². The molecular weight excluding hydrogens is 657 g/mol. The lowest BCUT2D eigenvalue weighted by molar-refractivity contribution is 0.866. The number of fused-ring (bicyclic) bond motifs is 7. The lowest BCUT2D eigenvalue weighted by Gasteiger charge is -2.14. The van der Waals surface area contributed by atoms with Crippen LogP contribution in [0.2, 0.25) is 0 Å². The largest absolute Gasteiger partial charge is 0.405 e. The van der Waals surface area contributed by atoms with Gasteiger partial charge in [0, 0.05) is 56.6 Å². The molecule has 0 saturated carbocycles. The maximum atomic E-state index is 6.28. The Bertz CT molecular complexity index is 2870. The molecule has 0 saturated heterocycles. The summed E-state index contributed by atoms with van der Waals surface area (Å²) in [6, 6.07) is 33.5. The zero-order valence-electron chi connectivity index (χ0n) is 31.1. The summed E-state index contributed by atoms with van der Waals surface area (Å²) in [5.41, 5.74) is 29.5. The number of allylic oxidation sites excluding steroid dienone is 11. The molecule has 4 nitrogen and oxygen atoms in total. The number of rotatable bonds is 9. The van der Waals surface area contributed by atoms with Crippen LogP contribution in [0.5, 0.6) is 0 Å². The third-order valence-corrected chi connectivity index (χ3v) is 10.9. The molecule has 0 atom stereocenters. The molecule has 54 heavy (non-hydrogen) atoms. The van der Waals surface area contributed by atoms with Crippen molar-refractivity contribution in [2.24, 2.45) is 11.5 Å². The summed E-state index contributed by atoms with van der Waals surface area (Å²) < 4.78 is 4.78. The fraction of sp³-hybridized carbons (Fsp3) is 0.0800. The summed E-state index contributed by atoms with van der Waals surface area (Å²) in [7, 11) is 0. The van der Waals surface area contributed by atoms with E-state index in [2.05, 4.69) is 151 Å². The van der Waals surface area contributed by atoms with E-state index in [1.165, 1.54) is 77.1 Å². The lowest BCUT2D eigenvalue weighted by Crippen LogP contribution is -2.04. The molecule has 2 heterocycles. The van der Waals surface area contributed by atoms with Gasteiger partial charge in [-0.25, -0.2) is 0 Å². The fourth-order valence-corrected chi connectivity index (χ4v) is 8.48. The molecule has 0 aliphatic heterocycles. The van der Waals surface area contributed by atoms with Gasteiger partial charge in [-0.2, -0.15) is 0 Å². The molecule has 4 N–H and O–H groups in total. The predicted octanol–water partition coefficient (Wildman–Crippen LogP) is 12.3. The van der Waals surface area contributed by atoms with E-state index in [4.69, 9.17) is 11.5 Å². The summed E-state index contributed by atoms with van der Waals surface area (Å²) in [5, 5.41) is 4.88. The molecule has 0 radical (unpaired) electrons. The first-order valence-corrected chi connectivity index (χ1v) is 18.4. The van der Waals surface area contributed by atoms with Crippen LogP contribution >= 0.6 is 0 Å². The van der Waals surface area contributed by atoms with Crippen molar-refractivity contribution in [2.45, 2.75) is 27.3 Å². The minimum absolute atomic E-state index is 0.704. The molecular formula is C50H44N4. The van der Waals surface area contributed by atoms with Gasteiger partial charge < -0.3 is 20.6 Å². The van der Waals surface area contributed by atoms with Gasteiger partial charge in [-0.15, -0.1) is 0 Å². The van der Waals surface area contributed by atoms with Crippen LogP contribution in [0.3, 0.4) is 0 Å². The summed E-state index contributed by atoms with van der Waals surface area (Å²) in [6.07, 6.45) is 19.4. The van der Waals surface area contributed by atoms with Gasteiger partial charge in [0.15, 0.2) is 0 Å². The van der Waals surface area contributed by atoms with Gasteiger partial charge in [0.1, 0.15) is 0 Å². The second-order valence-electron chi connectivity index (χ2n) is 13.8. The number of aryl methyl sites for hydroxylation is 1. The maximum Gasteiger partial charge on any atom is 0.0547 e. The minimum Gasteiger partial charge on any atom is -0.405 e. The lowest BCUT2D eigenvalue weighted by atomic mass is 9.97. The first-order valence-electron chi connectivity index (χ1n) is 18.4.